The van der Waals surface area contributed by atoms with Crippen molar-refractivity contribution in [1.29, 1.82) is 0 Å². The molecule has 1 saturated carbocycles. The minimum Gasteiger partial charge on any atom is -0.353 e. The molecule has 1 aliphatic rings. The number of ketones is 1. The van der Waals surface area contributed by atoms with E-state index in [1.54, 1.807) is 0 Å². The van der Waals surface area contributed by atoms with Gasteiger partial charge in [-0.1, -0.05) is 65.7 Å². The summed E-state index contributed by atoms with van der Waals surface area (Å²) in [7, 11) is 0. The van der Waals surface area contributed by atoms with E-state index in [2.05, 4.69) is 26.1 Å². The lowest BCUT2D eigenvalue weighted by atomic mass is 9.80. The molecule has 0 saturated heterocycles. The van der Waals surface area contributed by atoms with Gasteiger partial charge in [-0.2, -0.15) is 0 Å². The second kappa shape index (κ2) is 11.6. The minimum atomic E-state index is -0.0658. The Morgan fingerprint density at radius 2 is 1.61 bits per heavy atom. The average Bonchev–Trinajstić information content (AvgIpc) is 2.50. The van der Waals surface area contributed by atoms with Gasteiger partial charge in [-0.25, -0.2) is 0 Å². The molecule has 1 aliphatic carbocycles. The molecule has 3 nitrogen and oxygen atoms in total. The molecule has 1 fully saturated rings. The standard InChI is InChI=1S/C20H37NO2/c1-4-5-6-7-8-9-10-11-18(22)15-20(23)21-19-14-16(2)12-13-17(19)3/h16-17,19H,4-15H2,1-3H3,(H,21,23)/t16?,17?,19-/m0/s1. The van der Waals surface area contributed by atoms with Crippen LogP contribution in [-0.4, -0.2) is 17.7 Å². The molecule has 0 aliphatic heterocycles. The lowest BCUT2D eigenvalue weighted by Crippen LogP contribution is -2.43. The van der Waals surface area contributed by atoms with Gasteiger partial charge in [0.1, 0.15) is 5.78 Å². The maximum absolute atomic E-state index is 12.0. The molecule has 0 radical (unpaired) electrons. The molecule has 1 rings (SSSR count). The molecule has 3 heteroatoms. The summed E-state index contributed by atoms with van der Waals surface area (Å²) in [5.74, 6) is 1.25. The summed E-state index contributed by atoms with van der Waals surface area (Å²) in [5, 5.41) is 3.09. The summed E-state index contributed by atoms with van der Waals surface area (Å²) in [6.07, 6.45) is 12.6. The van der Waals surface area contributed by atoms with Crippen molar-refractivity contribution < 1.29 is 9.59 Å². The van der Waals surface area contributed by atoms with Crippen molar-refractivity contribution >= 4 is 11.7 Å². The third-order valence-electron chi connectivity index (χ3n) is 5.22. The summed E-state index contributed by atoms with van der Waals surface area (Å²) in [6.45, 7) is 6.67. The molecule has 1 N–H and O–H groups in total. The van der Waals surface area contributed by atoms with E-state index in [0.29, 0.717) is 18.3 Å². The highest BCUT2D eigenvalue weighted by Crippen LogP contribution is 2.28. The van der Waals surface area contributed by atoms with Crippen LogP contribution in [0.3, 0.4) is 0 Å². The van der Waals surface area contributed by atoms with Gasteiger partial charge in [-0.3, -0.25) is 9.59 Å². The third-order valence-corrected chi connectivity index (χ3v) is 5.22. The molecule has 0 heterocycles. The maximum atomic E-state index is 12.0. The van der Waals surface area contributed by atoms with Crippen molar-refractivity contribution in [2.45, 2.75) is 104 Å². The predicted molar refractivity (Wildman–Crippen MR) is 96.3 cm³/mol. The first-order valence-corrected chi connectivity index (χ1v) is 9.84. The van der Waals surface area contributed by atoms with Gasteiger partial charge < -0.3 is 5.32 Å². The van der Waals surface area contributed by atoms with E-state index in [-0.39, 0.29) is 24.2 Å². The Labute approximate surface area is 143 Å². The Morgan fingerprint density at radius 1 is 0.957 bits per heavy atom. The molecule has 0 aromatic heterocycles. The van der Waals surface area contributed by atoms with E-state index in [0.717, 1.165) is 19.3 Å². The number of nitrogens with one attached hydrogen (secondary N) is 1. The Hall–Kier alpha value is -0.860. The summed E-state index contributed by atoms with van der Waals surface area (Å²) < 4.78 is 0. The van der Waals surface area contributed by atoms with Crippen molar-refractivity contribution in [3.05, 3.63) is 0 Å². The predicted octanol–water partition coefficient (Wildman–Crippen LogP) is 5.03. The summed E-state index contributed by atoms with van der Waals surface area (Å²) in [4.78, 5) is 24.0. The van der Waals surface area contributed by atoms with Crippen molar-refractivity contribution in [3.63, 3.8) is 0 Å². The van der Waals surface area contributed by atoms with Crippen LogP contribution in [0.2, 0.25) is 0 Å². The number of amides is 1. The number of rotatable bonds is 11. The van der Waals surface area contributed by atoms with Crippen LogP contribution >= 0.6 is 0 Å². The normalized spacial score (nSPS) is 24.4. The van der Waals surface area contributed by atoms with Gasteiger partial charge in [0.25, 0.3) is 0 Å². The molecule has 23 heavy (non-hydrogen) atoms. The Morgan fingerprint density at radius 3 is 2.30 bits per heavy atom. The molecule has 0 spiro atoms. The van der Waals surface area contributed by atoms with Crippen LogP contribution in [0.5, 0.6) is 0 Å². The van der Waals surface area contributed by atoms with Gasteiger partial charge in [0.15, 0.2) is 0 Å². The number of carbonyl (C=O) groups is 2. The van der Waals surface area contributed by atoms with Crippen LogP contribution in [0.15, 0.2) is 0 Å². The zero-order valence-electron chi connectivity index (χ0n) is 15.5. The number of hydrogen-bond donors (Lipinski definition) is 1. The molecule has 1 amide bonds. The minimum absolute atomic E-state index is 0.0658. The van der Waals surface area contributed by atoms with E-state index in [9.17, 15) is 9.59 Å². The smallest absolute Gasteiger partial charge is 0.227 e. The zero-order chi connectivity index (χ0) is 17.1. The molecular formula is C20H37NO2. The van der Waals surface area contributed by atoms with Crippen LogP contribution in [0, 0.1) is 11.8 Å². The Kier molecular flexibility index (Phi) is 10.2. The first-order valence-electron chi connectivity index (χ1n) is 9.84. The second-order valence-corrected chi connectivity index (χ2v) is 7.66. The molecule has 134 valence electrons. The van der Waals surface area contributed by atoms with Gasteiger partial charge in [-0.15, -0.1) is 0 Å². The van der Waals surface area contributed by atoms with E-state index < -0.39 is 0 Å². The van der Waals surface area contributed by atoms with Crippen molar-refractivity contribution in [3.8, 4) is 0 Å². The largest absolute Gasteiger partial charge is 0.353 e. The van der Waals surface area contributed by atoms with Crippen LogP contribution in [0.4, 0.5) is 0 Å². The number of carbonyl (C=O) groups excluding carboxylic acids is 2. The van der Waals surface area contributed by atoms with Gasteiger partial charge in [0, 0.05) is 12.5 Å². The average molecular weight is 324 g/mol. The topological polar surface area (TPSA) is 46.2 Å². The molecule has 0 aromatic rings. The number of hydrogen-bond acceptors (Lipinski definition) is 2. The first kappa shape index (κ1) is 20.2. The molecule has 3 atom stereocenters. The van der Waals surface area contributed by atoms with E-state index in [1.807, 2.05) is 0 Å². The second-order valence-electron chi connectivity index (χ2n) is 7.66. The van der Waals surface area contributed by atoms with Gasteiger partial charge in [0.05, 0.1) is 6.42 Å². The maximum Gasteiger partial charge on any atom is 0.227 e. The number of unbranched alkanes of at least 4 members (excludes halogenated alkanes) is 6. The van der Waals surface area contributed by atoms with E-state index in [1.165, 1.54) is 44.9 Å². The van der Waals surface area contributed by atoms with Crippen LogP contribution in [0.25, 0.3) is 0 Å². The molecule has 0 aromatic carbocycles. The monoisotopic (exact) mass is 323 g/mol. The highest BCUT2D eigenvalue weighted by molar-refractivity contribution is 5.98. The quantitative estimate of drug-likeness (QED) is 0.428. The third kappa shape index (κ3) is 9.12. The molecule has 0 bridgehead atoms. The van der Waals surface area contributed by atoms with E-state index in [4.69, 9.17) is 0 Å². The fourth-order valence-corrected chi connectivity index (χ4v) is 3.54. The van der Waals surface area contributed by atoms with Crippen molar-refractivity contribution in [2.24, 2.45) is 11.8 Å². The van der Waals surface area contributed by atoms with Gasteiger partial charge in [0.2, 0.25) is 5.91 Å². The van der Waals surface area contributed by atoms with Gasteiger partial charge in [-0.05, 0) is 31.1 Å². The van der Waals surface area contributed by atoms with Gasteiger partial charge >= 0.3 is 0 Å². The fourth-order valence-electron chi connectivity index (χ4n) is 3.54. The van der Waals surface area contributed by atoms with Crippen molar-refractivity contribution in [1.82, 2.24) is 5.32 Å². The SMILES string of the molecule is CCCCCCCCCC(=O)CC(=O)N[C@H]1CC(C)CCC1C. The van der Waals surface area contributed by atoms with Crippen LogP contribution in [-0.2, 0) is 9.59 Å². The summed E-state index contributed by atoms with van der Waals surface area (Å²) in [5.41, 5.74) is 0. The van der Waals surface area contributed by atoms with Crippen molar-refractivity contribution in [2.75, 3.05) is 0 Å². The van der Waals surface area contributed by atoms with Crippen LogP contribution in [0.1, 0.15) is 97.8 Å². The lowest BCUT2D eigenvalue weighted by molar-refractivity contribution is -0.129. The molecule has 2 unspecified atom stereocenters. The Bertz CT molecular complexity index is 354. The Balaban J connectivity index is 2.10. The highest BCUT2D eigenvalue weighted by Gasteiger charge is 2.26. The fraction of sp³-hybridized carbons (Fsp3) is 0.900. The lowest BCUT2D eigenvalue weighted by Gasteiger charge is -2.33. The highest BCUT2D eigenvalue weighted by atomic mass is 16.2. The van der Waals surface area contributed by atoms with Crippen LogP contribution < -0.4 is 5.32 Å². The summed E-state index contributed by atoms with van der Waals surface area (Å²) >= 11 is 0. The summed E-state index contributed by atoms with van der Waals surface area (Å²) in [6, 6.07) is 0.262. The first-order chi connectivity index (χ1) is 11.0. The number of Topliss-reactive ketones (excluding diaryl/α,β-unsaturated/α-hetero) is 1. The van der Waals surface area contributed by atoms with E-state index >= 15 is 0 Å². The molecular weight excluding hydrogens is 286 g/mol. The zero-order valence-corrected chi connectivity index (χ0v) is 15.5.